The number of methoxy groups -OCH3 is 1. The molecule has 5 heteroatoms. The molecular formula is C7H16N2O3. The summed E-state index contributed by atoms with van der Waals surface area (Å²) in [6.45, 7) is 0.379. The topological polar surface area (TPSA) is 90.7 Å². The summed E-state index contributed by atoms with van der Waals surface area (Å²) >= 11 is 0. The van der Waals surface area contributed by atoms with Gasteiger partial charge in [-0.3, -0.25) is 0 Å². The van der Waals surface area contributed by atoms with Gasteiger partial charge in [0, 0.05) is 20.1 Å². The Hall–Kier alpha value is -0.200. The first-order valence-corrected chi connectivity index (χ1v) is 4.01. The molecule has 1 rings (SSSR count). The van der Waals surface area contributed by atoms with Crippen LogP contribution < -0.4 is 11.5 Å². The first-order valence-electron chi connectivity index (χ1n) is 4.01. The molecule has 1 aliphatic heterocycles. The fourth-order valence-electron chi connectivity index (χ4n) is 1.31. The van der Waals surface area contributed by atoms with Gasteiger partial charge in [-0.2, -0.15) is 0 Å². The lowest BCUT2D eigenvalue weighted by Gasteiger charge is -2.36. The van der Waals surface area contributed by atoms with E-state index in [0.717, 1.165) is 0 Å². The van der Waals surface area contributed by atoms with E-state index in [4.69, 9.17) is 20.9 Å². The Morgan fingerprint density at radius 3 is 2.83 bits per heavy atom. The molecule has 1 saturated heterocycles. The molecule has 0 amide bonds. The quantitative estimate of drug-likeness (QED) is 0.471. The van der Waals surface area contributed by atoms with Crippen molar-refractivity contribution in [1.82, 2.24) is 0 Å². The van der Waals surface area contributed by atoms with Crippen LogP contribution in [-0.4, -0.2) is 43.3 Å². The summed E-state index contributed by atoms with van der Waals surface area (Å²) in [6.07, 6.45) is -0.790. The first-order chi connectivity index (χ1) is 5.69. The zero-order valence-electron chi connectivity index (χ0n) is 7.14. The maximum absolute atomic E-state index is 9.44. The molecule has 12 heavy (non-hydrogen) atoms. The van der Waals surface area contributed by atoms with Crippen LogP contribution in [0.25, 0.3) is 0 Å². The van der Waals surface area contributed by atoms with Gasteiger partial charge in [0.15, 0.2) is 6.29 Å². The van der Waals surface area contributed by atoms with Gasteiger partial charge in [-0.05, 0) is 0 Å². The average Bonchev–Trinajstić information content (AvgIpc) is 2.09. The largest absolute Gasteiger partial charge is 0.391 e. The van der Waals surface area contributed by atoms with Crippen LogP contribution in [0.4, 0.5) is 0 Å². The van der Waals surface area contributed by atoms with E-state index >= 15 is 0 Å². The molecule has 0 aliphatic carbocycles. The molecule has 0 spiro atoms. The van der Waals surface area contributed by atoms with Crippen LogP contribution >= 0.6 is 0 Å². The molecule has 1 heterocycles. The molecule has 72 valence electrons. The Morgan fingerprint density at radius 2 is 2.33 bits per heavy atom. The molecule has 5 N–H and O–H groups in total. The molecule has 0 radical (unpaired) electrons. The highest BCUT2D eigenvalue weighted by molar-refractivity contribution is 4.84. The van der Waals surface area contributed by atoms with Crippen molar-refractivity contribution in [3.8, 4) is 0 Å². The molecule has 0 bridgehead atoms. The normalized spacial score (nSPS) is 43.0. The maximum atomic E-state index is 9.44. The number of ether oxygens (including phenoxy) is 2. The number of nitrogens with two attached hydrogens (primary N) is 2. The summed E-state index contributed by atoms with van der Waals surface area (Å²) in [5, 5.41) is 9.44. The Labute approximate surface area is 71.6 Å². The number of hydrogen-bond acceptors (Lipinski definition) is 5. The Kier molecular flexibility index (Phi) is 3.42. The average molecular weight is 176 g/mol. The van der Waals surface area contributed by atoms with Gasteiger partial charge in [0.2, 0.25) is 0 Å². The van der Waals surface area contributed by atoms with Crippen LogP contribution in [0.2, 0.25) is 0 Å². The number of aliphatic hydroxyl groups is 1. The van der Waals surface area contributed by atoms with Crippen molar-refractivity contribution in [3.63, 3.8) is 0 Å². The van der Waals surface area contributed by atoms with E-state index in [1.807, 2.05) is 0 Å². The van der Waals surface area contributed by atoms with Crippen LogP contribution in [0, 0.1) is 0 Å². The predicted molar refractivity (Wildman–Crippen MR) is 43.3 cm³/mol. The van der Waals surface area contributed by atoms with Crippen molar-refractivity contribution < 1.29 is 14.6 Å². The van der Waals surface area contributed by atoms with E-state index in [1.54, 1.807) is 0 Å². The fourth-order valence-corrected chi connectivity index (χ4v) is 1.31. The second kappa shape index (κ2) is 4.15. The van der Waals surface area contributed by atoms with Crippen molar-refractivity contribution in [2.75, 3.05) is 13.7 Å². The zero-order chi connectivity index (χ0) is 9.14. The summed E-state index contributed by atoms with van der Waals surface area (Å²) in [5.74, 6) is 0. The highest BCUT2D eigenvalue weighted by Crippen LogP contribution is 2.18. The molecule has 5 nitrogen and oxygen atoms in total. The second-order valence-electron chi connectivity index (χ2n) is 2.98. The van der Waals surface area contributed by atoms with E-state index in [2.05, 4.69) is 0 Å². The molecule has 0 aromatic carbocycles. The zero-order valence-corrected chi connectivity index (χ0v) is 7.14. The Bertz CT molecular complexity index is 145. The predicted octanol–water partition coefficient (Wildman–Crippen LogP) is -1.61. The van der Waals surface area contributed by atoms with E-state index < -0.39 is 18.4 Å². The summed E-state index contributed by atoms with van der Waals surface area (Å²) in [4.78, 5) is 0. The standard InChI is InChI=1S/C7H16N2O3/c1-11-7-6(9)5(10)2-4(3-8)12-7/h4-7,10H,2-3,8-9H2,1H3/t4-,5+,6+,7+/m1/s1. The van der Waals surface area contributed by atoms with E-state index in [1.165, 1.54) is 7.11 Å². The smallest absolute Gasteiger partial charge is 0.175 e. The highest BCUT2D eigenvalue weighted by atomic mass is 16.7. The summed E-state index contributed by atoms with van der Waals surface area (Å²) in [7, 11) is 1.50. The molecule has 1 aliphatic rings. The summed E-state index contributed by atoms with van der Waals surface area (Å²) < 4.78 is 10.3. The van der Waals surface area contributed by atoms with Crippen LogP contribution in [-0.2, 0) is 9.47 Å². The lowest BCUT2D eigenvalue weighted by Crippen LogP contribution is -2.55. The molecule has 1 fully saturated rings. The number of aliphatic hydroxyl groups excluding tert-OH is 1. The van der Waals surface area contributed by atoms with Crippen LogP contribution in [0.1, 0.15) is 6.42 Å². The van der Waals surface area contributed by atoms with Crippen LogP contribution in [0.15, 0.2) is 0 Å². The van der Waals surface area contributed by atoms with Gasteiger partial charge < -0.3 is 26.0 Å². The molecular weight excluding hydrogens is 160 g/mol. The van der Waals surface area contributed by atoms with Gasteiger partial charge in [0.1, 0.15) is 0 Å². The molecule has 0 saturated carbocycles. The number of hydrogen-bond donors (Lipinski definition) is 3. The third-order valence-corrected chi connectivity index (χ3v) is 2.08. The minimum atomic E-state index is -0.586. The third-order valence-electron chi connectivity index (χ3n) is 2.08. The summed E-state index contributed by atoms with van der Waals surface area (Å²) in [5.41, 5.74) is 11.0. The third kappa shape index (κ3) is 1.94. The molecule has 0 aromatic heterocycles. The van der Waals surface area contributed by atoms with Crippen molar-refractivity contribution in [3.05, 3.63) is 0 Å². The van der Waals surface area contributed by atoms with Gasteiger partial charge in [-0.25, -0.2) is 0 Å². The number of rotatable bonds is 2. The lowest BCUT2D eigenvalue weighted by molar-refractivity contribution is -0.211. The van der Waals surface area contributed by atoms with Gasteiger partial charge in [-0.1, -0.05) is 0 Å². The van der Waals surface area contributed by atoms with Crippen molar-refractivity contribution >= 4 is 0 Å². The lowest BCUT2D eigenvalue weighted by atomic mass is 10.0. The SMILES string of the molecule is CO[C@H]1O[C@@H](CN)C[C@H](O)[C@@H]1N. The van der Waals surface area contributed by atoms with Gasteiger partial charge in [0.25, 0.3) is 0 Å². The minimum Gasteiger partial charge on any atom is -0.391 e. The van der Waals surface area contributed by atoms with Gasteiger partial charge >= 0.3 is 0 Å². The monoisotopic (exact) mass is 176 g/mol. The Morgan fingerprint density at radius 1 is 1.67 bits per heavy atom. The van der Waals surface area contributed by atoms with E-state index in [9.17, 15) is 5.11 Å². The van der Waals surface area contributed by atoms with Crippen molar-refractivity contribution in [1.29, 1.82) is 0 Å². The van der Waals surface area contributed by atoms with E-state index in [-0.39, 0.29) is 6.10 Å². The minimum absolute atomic E-state index is 0.148. The van der Waals surface area contributed by atoms with Crippen molar-refractivity contribution in [2.24, 2.45) is 11.5 Å². The fraction of sp³-hybridized carbons (Fsp3) is 1.00. The van der Waals surface area contributed by atoms with Crippen LogP contribution in [0.5, 0.6) is 0 Å². The highest BCUT2D eigenvalue weighted by Gasteiger charge is 2.34. The molecule has 0 aromatic rings. The van der Waals surface area contributed by atoms with Crippen molar-refractivity contribution in [2.45, 2.75) is 31.0 Å². The van der Waals surface area contributed by atoms with E-state index in [0.29, 0.717) is 13.0 Å². The van der Waals surface area contributed by atoms with Crippen LogP contribution in [0.3, 0.4) is 0 Å². The first kappa shape index (κ1) is 9.88. The Balaban J connectivity index is 2.52. The molecule has 4 atom stereocenters. The van der Waals surface area contributed by atoms with Gasteiger partial charge in [-0.15, -0.1) is 0 Å². The molecule has 0 unspecified atom stereocenters. The summed E-state index contributed by atoms with van der Waals surface area (Å²) in [6, 6.07) is -0.474. The van der Waals surface area contributed by atoms with Gasteiger partial charge in [0.05, 0.1) is 18.2 Å². The maximum Gasteiger partial charge on any atom is 0.175 e. The second-order valence-corrected chi connectivity index (χ2v) is 2.98.